The van der Waals surface area contributed by atoms with Crippen LogP contribution in [0.1, 0.15) is 16.7 Å². The lowest BCUT2D eigenvalue weighted by Gasteiger charge is -2.13. The molecule has 0 aliphatic carbocycles. The van der Waals surface area contributed by atoms with Gasteiger partial charge in [-0.05, 0) is 25.0 Å². The highest BCUT2D eigenvalue weighted by molar-refractivity contribution is 6.34. The van der Waals surface area contributed by atoms with Gasteiger partial charge in [0.25, 0.3) is 0 Å². The first-order valence-corrected chi connectivity index (χ1v) is 5.70. The fourth-order valence-corrected chi connectivity index (χ4v) is 1.91. The van der Waals surface area contributed by atoms with E-state index < -0.39 is 0 Å². The molecule has 0 fully saturated rings. The molecule has 17 heavy (non-hydrogen) atoms. The minimum absolute atomic E-state index is 0.551. The Morgan fingerprint density at radius 1 is 1.06 bits per heavy atom. The van der Waals surface area contributed by atoms with Crippen molar-refractivity contribution in [3.8, 4) is 5.75 Å². The first kappa shape index (κ1) is 11.8. The lowest BCUT2D eigenvalue weighted by molar-refractivity contribution is 0.306. The van der Waals surface area contributed by atoms with E-state index in [2.05, 4.69) is 6.07 Å². The third-order valence-corrected chi connectivity index (χ3v) is 2.67. The van der Waals surface area contributed by atoms with Gasteiger partial charge in [0.2, 0.25) is 0 Å². The van der Waals surface area contributed by atoms with Crippen LogP contribution in [-0.4, -0.2) is 7.85 Å². The Morgan fingerprint density at radius 2 is 1.76 bits per heavy atom. The molecule has 2 heteroatoms. The van der Waals surface area contributed by atoms with Crippen molar-refractivity contribution in [1.29, 1.82) is 0 Å². The number of rotatable bonds is 3. The highest BCUT2D eigenvalue weighted by Crippen LogP contribution is 2.17. The van der Waals surface area contributed by atoms with E-state index in [-0.39, 0.29) is 0 Å². The van der Waals surface area contributed by atoms with E-state index in [0.29, 0.717) is 12.1 Å². The van der Waals surface area contributed by atoms with Gasteiger partial charge in [-0.2, -0.15) is 0 Å². The van der Waals surface area contributed by atoms with Crippen molar-refractivity contribution in [3.63, 3.8) is 0 Å². The van der Waals surface area contributed by atoms with Gasteiger partial charge in [0.15, 0.2) is 0 Å². The van der Waals surface area contributed by atoms with Gasteiger partial charge in [-0.25, -0.2) is 0 Å². The van der Waals surface area contributed by atoms with E-state index in [1.165, 1.54) is 0 Å². The molecule has 2 rings (SSSR count). The summed E-state index contributed by atoms with van der Waals surface area (Å²) >= 11 is 0. The van der Waals surface area contributed by atoms with Gasteiger partial charge >= 0.3 is 0 Å². The number of benzene rings is 2. The highest BCUT2D eigenvalue weighted by Gasteiger charge is 2.04. The zero-order valence-electron chi connectivity index (χ0n) is 10.2. The van der Waals surface area contributed by atoms with Crippen molar-refractivity contribution in [1.82, 2.24) is 0 Å². The van der Waals surface area contributed by atoms with Crippen LogP contribution in [0.2, 0.25) is 0 Å². The van der Waals surface area contributed by atoms with Gasteiger partial charge in [0, 0.05) is 0 Å². The Kier molecular flexibility index (Phi) is 3.53. The lowest BCUT2D eigenvalue weighted by Crippen LogP contribution is -2.11. The monoisotopic (exact) mass is 222 g/mol. The molecule has 0 aliphatic heterocycles. The summed E-state index contributed by atoms with van der Waals surface area (Å²) in [4.78, 5) is 0. The molecule has 0 aromatic heterocycles. The maximum absolute atomic E-state index is 5.96. The zero-order valence-corrected chi connectivity index (χ0v) is 10.2. The average Bonchev–Trinajstić information content (AvgIpc) is 2.29. The normalized spacial score (nSPS) is 10.2. The topological polar surface area (TPSA) is 9.23 Å². The number of hydrogen-bond acceptors (Lipinski definition) is 1. The van der Waals surface area contributed by atoms with E-state index >= 15 is 0 Å². The maximum atomic E-state index is 5.96. The molecule has 0 bridgehead atoms. The van der Waals surface area contributed by atoms with E-state index in [0.717, 1.165) is 22.4 Å². The molecule has 0 saturated carbocycles. The van der Waals surface area contributed by atoms with Gasteiger partial charge in [-0.3, -0.25) is 0 Å². The summed E-state index contributed by atoms with van der Waals surface area (Å²) < 4.78 is 5.78. The molecule has 0 unspecified atom stereocenters. The Labute approximate surface area is 104 Å². The van der Waals surface area contributed by atoms with Gasteiger partial charge in [-0.15, -0.1) is 0 Å². The van der Waals surface area contributed by atoms with E-state index in [9.17, 15) is 0 Å². The van der Waals surface area contributed by atoms with Gasteiger partial charge < -0.3 is 4.74 Å². The van der Waals surface area contributed by atoms with Crippen LogP contribution in [0.4, 0.5) is 0 Å². The molecule has 0 heterocycles. The minimum Gasteiger partial charge on any atom is -0.489 e. The minimum atomic E-state index is 0.551. The second-order valence-corrected chi connectivity index (χ2v) is 4.27. The number of aryl methyl sites for hydroxylation is 2. The molecule has 0 N–H and O–H groups in total. The van der Waals surface area contributed by atoms with Crippen LogP contribution < -0.4 is 10.2 Å². The molecule has 0 spiro atoms. The van der Waals surface area contributed by atoms with Crippen molar-refractivity contribution >= 4 is 13.3 Å². The fraction of sp³-hybridized carbons (Fsp3) is 0.200. The van der Waals surface area contributed by atoms with Crippen molar-refractivity contribution in [2.45, 2.75) is 20.5 Å². The standard InChI is InChI=1S/C15H15BO/c1-11-8-12(2)15(14(16)9-11)17-10-13-6-4-3-5-7-13/h3-9H,10H2,1-2H3. The van der Waals surface area contributed by atoms with Crippen LogP contribution in [0.5, 0.6) is 5.75 Å². The Morgan fingerprint density at radius 3 is 2.41 bits per heavy atom. The number of ether oxygens (including phenoxy) is 1. The molecule has 0 atom stereocenters. The summed E-state index contributed by atoms with van der Waals surface area (Å²) in [6, 6.07) is 14.1. The van der Waals surface area contributed by atoms with Crippen molar-refractivity contribution in [2.75, 3.05) is 0 Å². The third kappa shape index (κ3) is 2.91. The lowest BCUT2D eigenvalue weighted by atomic mass is 9.91. The highest BCUT2D eigenvalue weighted by atomic mass is 16.5. The molecule has 2 radical (unpaired) electrons. The molecule has 0 amide bonds. The predicted molar refractivity (Wildman–Crippen MR) is 72.1 cm³/mol. The molecule has 2 aromatic carbocycles. The second kappa shape index (κ2) is 5.09. The van der Waals surface area contributed by atoms with Crippen LogP contribution in [0.25, 0.3) is 0 Å². The smallest absolute Gasteiger partial charge is 0.119 e. The average molecular weight is 222 g/mol. The first-order chi connectivity index (χ1) is 8.16. The second-order valence-electron chi connectivity index (χ2n) is 4.27. The summed E-state index contributed by atoms with van der Waals surface area (Å²) in [5, 5.41) is 0. The van der Waals surface area contributed by atoms with E-state index in [1.807, 2.05) is 50.2 Å². The summed E-state index contributed by atoms with van der Waals surface area (Å²) in [7, 11) is 5.96. The van der Waals surface area contributed by atoms with E-state index in [1.54, 1.807) is 0 Å². The molecular formula is C15H15BO. The van der Waals surface area contributed by atoms with Gasteiger partial charge in [0.1, 0.15) is 20.2 Å². The molecule has 1 nitrogen and oxygen atoms in total. The molecule has 84 valence electrons. The Bertz CT molecular complexity index is 483. The number of hydrogen-bond donors (Lipinski definition) is 0. The molecule has 2 aromatic rings. The van der Waals surface area contributed by atoms with E-state index in [4.69, 9.17) is 12.6 Å². The summed E-state index contributed by atoms with van der Waals surface area (Å²) in [6.45, 7) is 4.60. The summed E-state index contributed by atoms with van der Waals surface area (Å²) in [6.07, 6.45) is 0. The van der Waals surface area contributed by atoms with Crippen LogP contribution in [0.3, 0.4) is 0 Å². The van der Waals surface area contributed by atoms with Gasteiger partial charge in [-0.1, -0.05) is 53.5 Å². The quantitative estimate of drug-likeness (QED) is 0.725. The third-order valence-electron chi connectivity index (χ3n) is 2.67. The van der Waals surface area contributed by atoms with Crippen molar-refractivity contribution in [3.05, 3.63) is 59.2 Å². The Hall–Kier alpha value is -1.70. The maximum Gasteiger partial charge on any atom is 0.119 e. The Balaban J connectivity index is 2.15. The summed E-state index contributed by atoms with van der Waals surface area (Å²) in [5.41, 5.74) is 4.09. The van der Waals surface area contributed by atoms with Crippen LogP contribution >= 0.6 is 0 Å². The van der Waals surface area contributed by atoms with Crippen molar-refractivity contribution < 1.29 is 4.74 Å². The van der Waals surface area contributed by atoms with Gasteiger partial charge in [0.05, 0.1) is 0 Å². The largest absolute Gasteiger partial charge is 0.489 e. The SMILES string of the molecule is [B]c1cc(C)cc(C)c1OCc1ccccc1. The summed E-state index contributed by atoms with van der Waals surface area (Å²) in [5.74, 6) is 0.791. The van der Waals surface area contributed by atoms with Crippen LogP contribution in [0.15, 0.2) is 42.5 Å². The molecule has 0 saturated heterocycles. The zero-order chi connectivity index (χ0) is 12.3. The van der Waals surface area contributed by atoms with Crippen LogP contribution in [0, 0.1) is 13.8 Å². The van der Waals surface area contributed by atoms with Crippen molar-refractivity contribution in [2.24, 2.45) is 0 Å². The fourth-order valence-electron chi connectivity index (χ4n) is 1.91. The molecule has 0 aliphatic rings. The molecular weight excluding hydrogens is 207 g/mol. The first-order valence-electron chi connectivity index (χ1n) is 5.70. The predicted octanol–water partition coefficient (Wildman–Crippen LogP) is 2.68. The van der Waals surface area contributed by atoms with Crippen LogP contribution in [-0.2, 0) is 6.61 Å².